The first kappa shape index (κ1) is 18.7. The SMILES string of the molecule is CC(C)CN(CCN(C)C)C(=O)CC1CCNC1.Cl. The van der Waals surface area contributed by atoms with E-state index < -0.39 is 0 Å². The molecule has 1 atom stereocenters. The first-order valence-corrected chi connectivity index (χ1v) is 7.12. The zero-order valence-corrected chi connectivity index (χ0v) is 13.6. The Bertz CT molecular complexity index is 253. The molecule has 1 saturated heterocycles. The normalized spacial score (nSPS) is 18.7. The monoisotopic (exact) mass is 291 g/mol. The van der Waals surface area contributed by atoms with Crippen molar-refractivity contribution in [3.05, 3.63) is 0 Å². The van der Waals surface area contributed by atoms with E-state index in [2.05, 4.69) is 38.2 Å². The summed E-state index contributed by atoms with van der Waals surface area (Å²) in [6, 6.07) is 0. The fraction of sp³-hybridized carbons (Fsp3) is 0.929. The van der Waals surface area contributed by atoms with Crippen molar-refractivity contribution in [2.24, 2.45) is 11.8 Å². The summed E-state index contributed by atoms with van der Waals surface area (Å²) in [5.74, 6) is 1.42. The highest BCUT2D eigenvalue weighted by molar-refractivity contribution is 5.85. The molecule has 0 bridgehead atoms. The predicted octanol–water partition coefficient (Wildman–Crippen LogP) is 1.45. The van der Waals surface area contributed by atoms with E-state index in [1.807, 2.05) is 4.90 Å². The van der Waals surface area contributed by atoms with Crippen LogP contribution in [0.3, 0.4) is 0 Å². The van der Waals surface area contributed by atoms with Gasteiger partial charge in [0.2, 0.25) is 5.91 Å². The van der Waals surface area contributed by atoms with Crippen LogP contribution in [-0.4, -0.2) is 62.5 Å². The molecule has 1 fully saturated rings. The van der Waals surface area contributed by atoms with Crippen LogP contribution in [0.5, 0.6) is 0 Å². The van der Waals surface area contributed by atoms with E-state index in [4.69, 9.17) is 0 Å². The lowest BCUT2D eigenvalue weighted by molar-refractivity contribution is -0.132. The quantitative estimate of drug-likeness (QED) is 0.771. The van der Waals surface area contributed by atoms with E-state index in [0.717, 1.165) is 39.1 Å². The number of hydrogen-bond acceptors (Lipinski definition) is 3. The Kier molecular flexibility index (Phi) is 9.40. The summed E-state index contributed by atoms with van der Waals surface area (Å²) >= 11 is 0. The highest BCUT2D eigenvalue weighted by atomic mass is 35.5. The second-order valence-corrected chi connectivity index (χ2v) is 6.10. The van der Waals surface area contributed by atoms with Gasteiger partial charge in [0, 0.05) is 26.1 Å². The van der Waals surface area contributed by atoms with Gasteiger partial charge in [-0.1, -0.05) is 13.8 Å². The molecule has 0 aromatic rings. The van der Waals surface area contributed by atoms with E-state index in [-0.39, 0.29) is 12.4 Å². The van der Waals surface area contributed by atoms with E-state index in [1.54, 1.807) is 0 Å². The zero-order chi connectivity index (χ0) is 13.5. The molecule has 1 aliphatic heterocycles. The second-order valence-electron chi connectivity index (χ2n) is 6.10. The Morgan fingerprint density at radius 2 is 2.00 bits per heavy atom. The molecule has 0 radical (unpaired) electrons. The molecule has 0 aromatic heterocycles. The molecule has 19 heavy (non-hydrogen) atoms. The van der Waals surface area contributed by atoms with Crippen molar-refractivity contribution in [2.45, 2.75) is 26.7 Å². The molecule has 1 aliphatic rings. The van der Waals surface area contributed by atoms with Crippen LogP contribution in [0.1, 0.15) is 26.7 Å². The fourth-order valence-corrected chi connectivity index (χ4v) is 2.34. The number of carbonyl (C=O) groups is 1. The summed E-state index contributed by atoms with van der Waals surface area (Å²) in [4.78, 5) is 16.5. The van der Waals surface area contributed by atoms with Crippen LogP contribution in [0.15, 0.2) is 0 Å². The van der Waals surface area contributed by atoms with Gasteiger partial charge in [0.05, 0.1) is 0 Å². The second kappa shape index (κ2) is 9.56. The van der Waals surface area contributed by atoms with Crippen molar-refractivity contribution in [2.75, 3.05) is 46.8 Å². The third kappa shape index (κ3) is 7.75. The topological polar surface area (TPSA) is 35.6 Å². The molecule has 114 valence electrons. The average molecular weight is 292 g/mol. The smallest absolute Gasteiger partial charge is 0.222 e. The van der Waals surface area contributed by atoms with Gasteiger partial charge >= 0.3 is 0 Å². The lowest BCUT2D eigenvalue weighted by Gasteiger charge is -2.27. The van der Waals surface area contributed by atoms with Crippen LogP contribution in [0.25, 0.3) is 0 Å². The highest BCUT2D eigenvalue weighted by Crippen LogP contribution is 2.14. The van der Waals surface area contributed by atoms with Crippen LogP contribution < -0.4 is 5.32 Å². The highest BCUT2D eigenvalue weighted by Gasteiger charge is 2.22. The van der Waals surface area contributed by atoms with E-state index in [0.29, 0.717) is 24.2 Å². The molecule has 1 unspecified atom stereocenters. The summed E-state index contributed by atoms with van der Waals surface area (Å²) < 4.78 is 0. The number of nitrogens with one attached hydrogen (secondary N) is 1. The number of amides is 1. The molecular formula is C14H30ClN3O. The molecule has 0 aromatic carbocycles. The van der Waals surface area contributed by atoms with Gasteiger partial charge in [0.15, 0.2) is 0 Å². The maximum Gasteiger partial charge on any atom is 0.222 e. The van der Waals surface area contributed by atoms with Crippen molar-refractivity contribution >= 4 is 18.3 Å². The van der Waals surface area contributed by atoms with Crippen LogP contribution in [0.4, 0.5) is 0 Å². The predicted molar refractivity (Wildman–Crippen MR) is 82.8 cm³/mol. The van der Waals surface area contributed by atoms with E-state index in [9.17, 15) is 4.79 Å². The minimum Gasteiger partial charge on any atom is -0.341 e. The lowest BCUT2D eigenvalue weighted by atomic mass is 10.0. The molecule has 0 saturated carbocycles. The Morgan fingerprint density at radius 3 is 2.47 bits per heavy atom. The Balaban J connectivity index is 0.00000324. The molecule has 1 N–H and O–H groups in total. The standard InChI is InChI=1S/C14H29N3O.ClH/c1-12(2)11-17(8-7-16(3)4)14(18)9-13-5-6-15-10-13;/h12-13,15H,5-11H2,1-4H3;1H. The molecule has 5 heteroatoms. The summed E-state index contributed by atoms with van der Waals surface area (Å²) in [7, 11) is 4.11. The Morgan fingerprint density at radius 1 is 1.32 bits per heavy atom. The number of carbonyl (C=O) groups excluding carboxylic acids is 1. The molecule has 1 amide bonds. The van der Waals surface area contributed by atoms with Crippen molar-refractivity contribution in [3.8, 4) is 0 Å². The van der Waals surface area contributed by atoms with Crippen LogP contribution in [0, 0.1) is 11.8 Å². The summed E-state index contributed by atoms with van der Waals surface area (Å²) in [5, 5.41) is 3.33. The van der Waals surface area contributed by atoms with Crippen molar-refractivity contribution in [3.63, 3.8) is 0 Å². The van der Waals surface area contributed by atoms with Crippen molar-refractivity contribution < 1.29 is 4.79 Å². The largest absolute Gasteiger partial charge is 0.341 e. The molecule has 0 spiro atoms. The van der Waals surface area contributed by atoms with E-state index in [1.165, 1.54) is 0 Å². The molecule has 4 nitrogen and oxygen atoms in total. The Labute approximate surface area is 124 Å². The molecule has 1 heterocycles. The molecule has 1 rings (SSSR count). The summed E-state index contributed by atoms with van der Waals surface area (Å²) in [6.07, 6.45) is 1.86. The third-order valence-corrected chi connectivity index (χ3v) is 3.38. The van der Waals surface area contributed by atoms with Gasteiger partial charge in [-0.3, -0.25) is 4.79 Å². The van der Waals surface area contributed by atoms with Crippen LogP contribution in [-0.2, 0) is 4.79 Å². The van der Waals surface area contributed by atoms with Crippen LogP contribution >= 0.6 is 12.4 Å². The van der Waals surface area contributed by atoms with Gasteiger partial charge < -0.3 is 15.1 Å². The zero-order valence-electron chi connectivity index (χ0n) is 12.8. The van der Waals surface area contributed by atoms with Crippen molar-refractivity contribution in [1.29, 1.82) is 0 Å². The third-order valence-electron chi connectivity index (χ3n) is 3.38. The summed E-state index contributed by atoms with van der Waals surface area (Å²) in [5.41, 5.74) is 0. The van der Waals surface area contributed by atoms with Crippen LogP contribution in [0.2, 0.25) is 0 Å². The minimum atomic E-state index is 0. The van der Waals surface area contributed by atoms with Gasteiger partial charge in [-0.25, -0.2) is 0 Å². The number of halogens is 1. The number of hydrogen-bond donors (Lipinski definition) is 1. The maximum atomic E-state index is 12.3. The Hall–Kier alpha value is -0.320. The molecule has 0 aliphatic carbocycles. The molecular weight excluding hydrogens is 262 g/mol. The number of rotatable bonds is 7. The van der Waals surface area contributed by atoms with Crippen molar-refractivity contribution in [1.82, 2.24) is 15.1 Å². The lowest BCUT2D eigenvalue weighted by Crippen LogP contribution is -2.39. The first-order chi connectivity index (χ1) is 8.49. The van der Waals surface area contributed by atoms with Gasteiger partial charge in [0.1, 0.15) is 0 Å². The first-order valence-electron chi connectivity index (χ1n) is 7.12. The summed E-state index contributed by atoms with van der Waals surface area (Å²) in [6.45, 7) is 9.10. The minimum absolute atomic E-state index is 0. The van der Waals surface area contributed by atoms with E-state index >= 15 is 0 Å². The van der Waals surface area contributed by atoms with Gasteiger partial charge in [-0.2, -0.15) is 0 Å². The van der Waals surface area contributed by atoms with Gasteiger partial charge in [-0.05, 0) is 45.4 Å². The maximum absolute atomic E-state index is 12.3. The fourth-order valence-electron chi connectivity index (χ4n) is 2.34. The van der Waals surface area contributed by atoms with Gasteiger partial charge in [-0.15, -0.1) is 12.4 Å². The number of likely N-dealkylation sites (N-methyl/N-ethyl adjacent to an activating group) is 1. The number of nitrogens with zero attached hydrogens (tertiary/aromatic N) is 2. The average Bonchev–Trinajstić information content (AvgIpc) is 2.76. The van der Waals surface area contributed by atoms with Gasteiger partial charge in [0.25, 0.3) is 0 Å².